The monoisotopic (exact) mass is 495 g/mol. The summed E-state index contributed by atoms with van der Waals surface area (Å²) < 4.78 is 31.9. The SMILES string of the molecule is CN(CCCC(=O)N1CCN(Cc2nc(-c3cccs3)no2)CC1)S(=O)(=O)c1cccs1. The summed E-state index contributed by atoms with van der Waals surface area (Å²) in [6.45, 7) is 3.61. The summed E-state index contributed by atoms with van der Waals surface area (Å²) in [6.07, 6.45) is 0.825. The average Bonchev–Trinajstić information content (AvgIpc) is 3.56. The van der Waals surface area contributed by atoms with E-state index in [-0.39, 0.29) is 5.91 Å². The molecule has 32 heavy (non-hydrogen) atoms. The van der Waals surface area contributed by atoms with Crippen molar-refractivity contribution >= 4 is 38.6 Å². The second-order valence-electron chi connectivity index (χ2n) is 7.51. The number of aromatic nitrogens is 2. The molecular formula is C20H25N5O4S3. The van der Waals surface area contributed by atoms with Crippen molar-refractivity contribution in [2.45, 2.75) is 23.6 Å². The number of hydrogen-bond donors (Lipinski definition) is 0. The Morgan fingerprint density at radius 1 is 1.16 bits per heavy atom. The summed E-state index contributed by atoms with van der Waals surface area (Å²) in [5.41, 5.74) is 0. The Labute approximate surface area is 195 Å². The van der Waals surface area contributed by atoms with Gasteiger partial charge in [-0.05, 0) is 29.3 Å². The third kappa shape index (κ3) is 5.44. The summed E-state index contributed by atoms with van der Waals surface area (Å²) in [7, 11) is -1.91. The van der Waals surface area contributed by atoms with E-state index in [0.29, 0.717) is 54.9 Å². The van der Waals surface area contributed by atoms with Crippen LogP contribution in [0.4, 0.5) is 0 Å². The van der Waals surface area contributed by atoms with Crippen LogP contribution >= 0.6 is 22.7 Å². The highest BCUT2D eigenvalue weighted by Gasteiger charge is 2.24. The van der Waals surface area contributed by atoms with Gasteiger partial charge in [-0.1, -0.05) is 17.3 Å². The molecule has 0 radical (unpaired) electrons. The maximum Gasteiger partial charge on any atom is 0.252 e. The summed E-state index contributed by atoms with van der Waals surface area (Å²) in [5.74, 6) is 1.24. The highest BCUT2D eigenvalue weighted by molar-refractivity contribution is 7.91. The lowest BCUT2D eigenvalue weighted by Gasteiger charge is -2.34. The van der Waals surface area contributed by atoms with E-state index in [2.05, 4.69) is 15.0 Å². The van der Waals surface area contributed by atoms with Crippen LogP contribution < -0.4 is 0 Å². The molecule has 172 valence electrons. The molecule has 9 nitrogen and oxygen atoms in total. The van der Waals surface area contributed by atoms with Crippen molar-refractivity contribution in [1.29, 1.82) is 0 Å². The quantitative estimate of drug-likeness (QED) is 0.450. The molecule has 0 bridgehead atoms. The van der Waals surface area contributed by atoms with E-state index < -0.39 is 10.0 Å². The van der Waals surface area contributed by atoms with Gasteiger partial charge >= 0.3 is 0 Å². The molecule has 4 heterocycles. The van der Waals surface area contributed by atoms with Crippen LogP contribution in [0.1, 0.15) is 18.7 Å². The Hall–Kier alpha value is -2.12. The molecule has 3 aromatic rings. The van der Waals surface area contributed by atoms with Crippen LogP contribution in [-0.2, 0) is 21.4 Å². The lowest BCUT2D eigenvalue weighted by Crippen LogP contribution is -2.48. The highest BCUT2D eigenvalue weighted by Crippen LogP contribution is 2.22. The Morgan fingerprint density at radius 2 is 1.91 bits per heavy atom. The normalized spacial score (nSPS) is 15.5. The van der Waals surface area contributed by atoms with Gasteiger partial charge < -0.3 is 9.42 Å². The van der Waals surface area contributed by atoms with Crippen molar-refractivity contribution < 1.29 is 17.7 Å². The van der Waals surface area contributed by atoms with Crippen LogP contribution in [0.15, 0.2) is 43.8 Å². The molecule has 12 heteroatoms. The number of sulfonamides is 1. The molecule has 0 aliphatic carbocycles. The lowest BCUT2D eigenvalue weighted by atomic mass is 10.2. The third-order valence-electron chi connectivity index (χ3n) is 5.32. The Bertz CT molecular complexity index is 1100. The van der Waals surface area contributed by atoms with Gasteiger partial charge in [0.2, 0.25) is 17.6 Å². The van der Waals surface area contributed by atoms with E-state index in [1.165, 1.54) is 15.6 Å². The van der Waals surface area contributed by atoms with E-state index in [9.17, 15) is 13.2 Å². The largest absolute Gasteiger partial charge is 0.340 e. The second-order valence-corrected chi connectivity index (χ2v) is 11.7. The van der Waals surface area contributed by atoms with Gasteiger partial charge in [-0.2, -0.15) is 4.98 Å². The molecule has 1 amide bonds. The molecule has 1 fully saturated rings. The predicted octanol–water partition coefficient (Wildman–Crippen LogP) is 2.60. The van der Waals surface area contributed by atoms with E-state index in [1.54, 1.807) is 35.9 Å². The van der Waals surface area contributed by atoms with Gasteiger partial charge in [-0.15, -0.1) is 22.7 Å². The third-order valence-corrected chi connectivity index (χ3v) is 9.41. The number of carbonyl (C=O) groups is 1. The van der Waals surface area contributed by atoms with Crippen LogP contribution in [0.25, 0.3) is 10.7 Å². The van der Waals surface area contributed by atoms with Crippen LogP contribution in [0.3, 0.4) is 0 Å². The topological polar surface area (TPSA) is 99.8 Å². The van der Waals surface area contributed by atoms with Crippen LogP contribution in [0.2, 0.25) is 0 Å². The fraction of sp³-hybridized carbons (Fsp3) is 0.450. The van der Waals surface area contributed by atoms with Gasteiger partial charge in [-0.3, -0.25) is 9.69 Å². The Morgan fingerprint density at radius 3 is 2.59 bits per heavy atom. The number of carbonyl (C=O) groups excluding carboxylic acids is 1. The molecule has 0 spiro atoms. The standard InChI is InChI=1S/C20H25N5O4S3/c1-23(32(27,28)19-7-4-14-31-19)8-2-6-18(26)25-11-9-24(10-12-25)15-17-21-20(22-29-17)16-5-3-13-30-16/h3-5,7,13-14H,2,6,8-12,15H2,1H3. The summed E-state index contributed by atoms with van der Waals surface area (Å²) >= 11 is 2.77. The molecule has 0 atom stereocenters. The summed E-state index contributed by atoms with van der Waals surface area (Å²) in [4.78, 5) is 22.0. The van der Waals surface area contributed by atoms with Gasteiger partial charge in [0.25, 0.3) is 10.0 Å². The number of nitrogens with zero attached hydrogens (tertiary/aromatic N) is 5. The minimum absolute atomic E-state index is 0.0596. The van der Waals surface area contributed by atoms with Gasteiger partial charge in [0.05, 0.1) is 11.4 Å². The van der Waals surface area contributed by atoms with Crippen LogP contribution in [0.5, 0.6) is 0 Å². The number of amides is 1. The molecule has 0 unspecified atom stereocenters. The van der Waals surface area contributed by atoms with E-state index in [4.69, 9.17) is 4.52 Å². The minimum Gasteiger partial charge on any atom is -0.340 e. The molecule has 0 N–H and O–H groups in total. The molecule has 0 saturated carbocycles. The van der Waals surface area contributed by atoms with Crippen molar-refractivity contribution in [2.75, 3.05) is 39.8 Å². The first-order valence-corrected chi connectivity index (χ1v) is 13.5. The van der Waals surface area contributed by atoms with Crippen molar-refractivity contribution in [3.8, 4) is 10.7 Å². The maximum absolute atomic E-state index is 12.6. The summed E-state index contributed by atoms with van der Waals surface area (Å²) in [6, 6.07) is 7.22. The fourth-order valence-electron chi connectivity index (χ4n) is 3.47. The van der Waals surface area contributed by atoms with Crippen molar-refractivity contribution in [2.24, 2.45) is 0 Å². The Balaban J connectivity index is 1.18. The molecular weight excluding hydrogens is 470 g/mol. The van der Waals surface area contributed by atoms with Crippen molar-refractivity contribution in [3.63, 3.8) is 0 Å². The first-order valence-electron chi connectivity index (χ1n) is 10.3. The fourth-order valence-corrected chi connectivity index (χ4v) is 6.53. The second kappa shape index (κ2) is 10.2. The van der Waals surface area contributed by atoms with Gasteiger partial charge in [0.1, 0.15) is 4.21 Å². The molecule has 4 rings (SSSR count). The van der Waals surface area contributed by atoms with Crippen LogP contribution in [-0.4, -0.2) is 78.3 Å². The molecule has 1 aliphatic heterocycles. The first-order chi connectivity index (χ1) is 15.4. The lowest BCUT2D eigenvalue weighted by molar-refractivity contribution is -0.133. The van der Waals surface area contributed by atoms with Gasteiger partial charge in [0.15, 0.2) is 0 Å². The van der Waals surface area contributed by atoms with E-state index in [1.807, 2.05) is 22.4 Å². The number of piperazine rings is 1. The van der Waals surface area contributed by atoms with E-state index >= 15 is 0 Å². The first kappa shape index (κ1) is 23.1. The molecule has 1 aliphatic rings. The zero-order valence-corrected chi connectivity index (χ0v) is 20.2. The minimum atomic E-state index is -3.47. The van der Waals surface area contributed by atoms with Crippen molar-refractivity contribution in [3.05, 3.63) is 40.9 Å². The predicted molar refractivity (Wildman–Crippen MR) is 123 cm³/mol. The smallest absolute Gasteiger partial charge is 0.252 e. The van der Waals surface area contributed by atoms with E-state index in [0.717, 1.165) is 18.0 Å². The molecule has 1 saturated heterocycles. The number of hydrogen-bond acceptors (Lipinski definition) is 9. The zero-order chi connectivity index (χ0) is 22.6. The number of thiophene rings is 2. The average molecular weight is 496 g/mol. The van der Waals surface area contributed by atoms with Crippen molar-refractivity contribution in [1.82, 2.24) is 24.2 Å². The number of rotatable bonds is 9. The molecule has 3 aromatic heterocycles. The maximum atomic E-state index is 12.6. The Kier molecular flexibility index (Phi) is 7.36. The molecule has 0 aromatic carbocycles. The van der Waals surface area contributed by atoms with Crippen LogP contribution in [0, 0.1) is 0 Å². The van der Waals surface area contributed by atoms with Gasteiger partial charge in [-0.25, -0.2) is 12.7 Å². The highest BCUT2D eigenvalue weighted by atomic mass is 32.2. The van der Waals surface area contributed by atoms with Gasteiger partial charge in [0, 0.05) is 46.2 Å². The zero-order valence-electron chi connectivity index (χ0n) is 17.7. The summed E-state index contributed by atoms with van der Waals surface area (Å²) in [5, 5.41) is 7.75.